The number of hydrogen-bond donors (Lipinski definition) is 1. The van der Waals surface area contributed by atoms with Crippen molar-refractivity contribution in [3.05, 3.63) is 34.9 Å². The number of benzene rings is 1. The van der Waals surface area contributed by atoms with Crippen LogP contribution in [0.5, 0.6) is 0 Å². The van der Waals surface area contributed by atoms with Crippen molar-refractivity contribution in [1.29, 1.82) is 0 Å². The van der Waals surface area contributed by atoms with E-state index in [1.807, 2.05) is 19.9 Å². The van der Waals surface area contributed by atoms with E-state index >= 15 is 0 Å². The van der Waals surface area contributed by atoms with Gasteiger partial charge in [-0.3, -0.25) is 24.5 Å². The fraction of sp³-hybridized carbons (Fsp3) is 0.520. The molecule has 174 valence electrons. The summed E-state index contributed by atoms with van der Waals surface area (Å²) in [5.41, 5.74) is 2.05. The number of carbonyl (C=O) groups is 4. The molecule has 1 saturated heterocycles. The van der Waals surface area contributed by atoms with Gasteiger partial charge in [0.15, 0.2) is 0 Å². The Kier molecular flexibility index (Phi) is 6.80. The molecule has 0 aromatic heterocycles. The maximum Gasteiger partial charge on any atom is 0.309 e. The lowest BCUT2D eigenvalue weighted by Crippen LogP contribution is -2.52. The molecule has 8 nitrogen and oxygen atoms in total. The third-order valence-corrected chi connectivity index (χ3v) is 6.18. The monoisotopic (exact) mass is 452 g/mol. The normalized spacial score (nSPS) is 24.0. The molecule has 3 aliphatic rings. The SMILES string of the molecule is CC(C)COC(=O)[C@H]1C[C@@H](OCC#Cc2cccc3c2CN(C2CCC(=O)NC2=O)C3=O)C1. The topological polar surface area (TPSA) is 102 Å². The summed E-state index contributed by atoms with van der Waals surface area (Å²) in [6, 6.07) is 4.70. The molecule has 1 aromatic rings. The molecule has 1 aromatic carbocycles. The van der Waals surface area contributed by atoms with E-state index in [-0.39, 0.29) is 49.4 Å². The molecule has 0 spiro atoms. The van der Waals surface area contributed by atoms with Gasteiger partial charge in [-0.1, -0.05) is 31.8 Å². The van der Waals surface area contributed by atoms with Gasteiger partial charge in [-0.25, -0.2) is 0 Å². The van der Waals surface area contributed by atoms with Crippen LogP contribution in [0.1, 0.15) is 61.0 Å². The Bertz CT molecular complexity index is 1030. The van der Waals surface area contributed by atoms with E-state index in [2.05, 4.69) is 17.2 Å². The van der Waals surface area contributed by atoms with Crippen molar-refractivity contribution in [2.45, 2.75) is 58.2 Å². The summed E-state index contributed by atoms with van der Waals surface area (Å²) in [7, 11) is 0. The molecule has 1 aliphatic carbocycles. The first-order valence-corrected chi connectivity index (χ1v) is 11.4. The quantitative estimate of drug-likeness (QED) is 0.401. The largest absolute Gasteiger partial charge is 0.465 e. The highest BCUT2D eigenvalue weighted by Gasteiger charge is 2.40. The molecule has 2 heterocycles. The molecular weight excluding hydrogens is 424 g/mol. The average molecular weight is 453 g/mol. The van der Waals surface area contributed by atoms with Crippen LogP contribution in [0.4, 0.5) is 0 Å². The van der Waals surface area contributed by atoms with E-state index in [4.69, 9.17) is 9.47 Å². The van der Waals surface area contributed by atoms with Crippen LogP contribution < -0.4 is 5.32 Å². The first-order valence-electron chi connectivity index (χ1n) is 11.4. The summed E-state index contributed by atoms with van der Waals surface area (Å²) in [4.78, 5) is 49.9. The zero-order valence-corrected chi connectivity index (χ0v) is 18.9. The Morgan fingerprint density at radius 3 is 2.76 bits per heavy atom. The lowest BCUT2D eigenvalue weighted by molar-refractivity contribution is -0.158. The maximum absolute atomic E-state index is 12.9. The van der Waals surface area contributed by atoms with Crippen molar-refractivity contribution in [1.82, 2.24) is 10.2 Å². The van der Waals surface area contributed by atoms with Crippen LogP contribution in [0.15, 0.2) is 18.2 Å². The number of amides is 3. The first-order chi connectivity index (χ1) is 15.8. The number of nitrogens with zero attached hydrogens (tertiary/aromatic N) is 1. The number of rotatable bonds is 6. The van der Waals surface area contributed by atoms with Crippen LogP contribution in [-0.2, 0) is 30.4 Å². The molecule has 4 rings (SSSR count). The number of ether oxygens (including phenoxy) is 2. The van der Waals surface area contributed by atoms with Crippen LogP contribution in [0.2, 0.25) is 0 Å². The second kappa shape index (κ2) is 9.75. The van der Waals surface area contributed by atoms with Crippen molar-refractivity contribution < 1.29 is 28.7 Å². The van der Waals surface area contributed by atoms with Gasteiger partial charge < -0.3 is 14.4 Å². The minimum atomic E-state index is -0.648. The van der Waals surface area contributed by atoms with Crippen LogP contribution in [0, 0.1) is 23.7 Å². The van der Waals surface area contributed by atoms with E-state index in [0.717, 1.165) is 11.1 Å². The second-order valence-corrected chi connectivity index (χ2v) is 9.16. The van der Waals surface area contributed by atoms with E-state index in [1.54, 1.807) is 12.1 Å². The fourth-order valence-corrected chi connectivity index (χ4v) is 4.25. The average Bonchev–Trinajstić information content (AvgIpc) is 3.07. The van der Waals surface area contributed by atoms with Crippen molar-refractivity contribution in [2.75, 3.05) is 13.2 Å². The van der Waals surface area contributed by atoms with Gasteiger partial charge in [0.05, 0.1) is 18.6 Å². The van der Waals surface area contributed by atoms with E-state index < -0.39 is 11.9 Å². The standard InChI is InChI=1S/C25H28N2O6/c1-15(2)14-33-25(31)17-11-18(12-17)32-10-4-6-16-5-3-7-19-20(16)13-27(24(19)30)21-8-9-22(28)26-23(21)29/h3,5,7,15,17-18,21H,8-14H2,1-2H3,(H,26,28,29)/t17-,18+,21?. The Balaban J connectivity index is 1.30. The van der Waals surface area contributed by atoms with Gasteiger partial charge in [-0.2, -0.15) is 0 Å². The van der Waals surface area contributed by atoms with E-state index in [0.29, 0.717) is 37.4 Å². The summed E-state index contributed by atoms with van der Waals surface area (Å²) >= 11 is 0. The molecule has 1 unspecified atom stereocenters. The zero-order valence-electron chi connectivity index (χ0n) is 18.9. The van der Waals surface area contributed by atoms with Gasteiger partial charge in [-0.05, 0) is 42.9 Å². The molecule has 8 heteroatoms. The van der Waals surface area contributed by atoms with Crippen molar-refractivity contribution in [2.24, 2.45) is 11.8 Å². The highest BCUT2D eigenvalue weighted by molar-refractivity contribution is 6.05. The third kappa shape index (κ3) is 5.09. The minimum absolute atomic E-state index is 0.00184. The molecule has 2 aliphatic heterocycles. The highest BCUT2D eigenvalue weighted by atomic mass is 16.5. The van der Waals surface area contributed by atoms with Gasteiger partial charge in [-0.15, -0.1) is 0 Å². The van der Waals surface area contributed by atoms with Crippen LogP contribution in [-0.4, -0.2) is 54.0 Å². The smallest absolute Gasteiger partial charge is 0.309 e. The lowest BCUT2D eigenvalue weighted by atomic mass is 9.82. The second-order valence-electron chi connectivity index (χ2n) is 9.16. The van der Waals surface area contributed by atoms with Gasteiger partial charge in [0.1, 0.15) is 12.6 Å². The van der Waals surface area contributed by atoms with Crippen molar-refractivity contribution in [3.63, 3.8) is 0 Å². The summed E-state index contributed by atoms with van der Waals surface area (Å²) in [6.45, 7) is 4.96. The Morgan fingerprint density at radius 2 is 2.03 bits per heavy atom. The predicted octanol–water partition coefficient (Wildman–Crippen LogP) is 1.79. The summed E-state index contributed by atoms with van der Waals surface area (Å²) in [6.07, 6.45) is 1.84. The van der Waals surface area contributed by atoms with Crippen LogP contribution in [0.3, 0.4) is 0 Å². The fourth-order valence-electron chi connectivity index (χ4n) is 4.25. The van der Waals surface area contributed by atoms with Crippen molar-refractivity contribution >= 4 is 23.7 Å². The molecule has 3 amide bonds. The molecule has 0 bridgehead atoms. The van der Waals surface area contributed by atoms with Gasteiger partial charge in [0.2, 0.25) is 11.8 Å². The molecule has 1 saturated carbocycles. The summed E-state index contributed by atoms with van der Waals surface area (Å²) < 4.78 is 11.0. The lowest BCUT2D eigenvalue weighted by Gasteiger charge is -2.32. The Labute approximate surface area is 193 Å². The maximum atomic E-state index is 12.9. The number of piperidine rings is 1. The zero-order chi connectivity index (χ0) is 23.5. The highest BCUT2D eigenvalue weighted by Crippen LogP contribution is 2.31. The molecule has 1 atom stereocenters. The van der Waals surface area contributed by atoms with Gasteiger partial charge in [0.25, 0.3) is 5.91 Å². The summed E-state index contributed by atoms with van der Waals surface area (Å²) in [5.74, 6) is 5.19. The number of nitrogens with one attached hydrogen (secondary N) is 1. The number of hydrogen-bond acceptors (Lipinski definition) is 6. The van der Waals surface area contributed by atoms with Gasteiger partial charge in [0, 0.05) is 24.1 Å². The summed E-state index contributed by atoms with van der Waals surface area (Å²) in [5, 5.41) is 2.31. The van der Waals surface area contributed by atoms with Crippen LogP contribution in [0.25, 0.3) is 0 Å². The van der Waals surface area contributed by atoms with E-state index in [9.17, 15) is 19.2 Å². The van der Waals surface area contributed by atoms with E-state index in [1.165, 1.54) is 4.90 Å². The molecular formula is C25H28N2O6. The molecule has 1 N–H and O–H groups in total. The third-order valence-electron chi connectivity index (χ3n) is 6.18. The van der Waals surface area contributed by atoms with Crippen LogP contribution >= 0.6 is 0 Å². The molecule has 0 radical (unpaired) electrons. The molecule has 33 heavy (non-hydrogen) atoms. The number of fused-ring (bicyclic) bond motifs is 1. The van der Waals surface area contributed by atoms with Gasteiger partial charge >= 0.3 is 5.97 Å². The first kappa shape index (κ1) is 23.0. The number of esters is 1. The Hall–Kier alpha value is -3.18. The number of carbonyl (C=O) groups excluding carboxylic acids is 4. The number of imide groups is 1. The molecule has 2 fully saturated rings. The predicted molar refractivity (Wildman–Crippen MR) is 118 cm³/mol. The minimum Gasteiger partial charge on any atom is -0.465 e. The Morgan fingerprint density at radius 1 is 1.24 bits per heavy atom. The van der Waals surface area contributed by atoms with Crippen molar-refractivity contribution in [3.8, 4) is 11.8 Å².